The van der Waals surface area contributed by atoms with Gasteiger partial charge in [0, 0.05) is 30.2 Å². The summed E-state index contributed by atoms with van der Waals surface area (Å²) in [6.45, 7) is 2.27. The second kappa shape index (κ2) is 13.2. The number of rotatable bonds is 13. The van der Waals surface area contributed by atoms with Gasteiger partial charge in [0.25, 0.3) is 0 Å². The Morgan fingerprint density at radius 1 is 1.00 bits per heavy atom. The Morgan fingerprint density at radius 2 is 1.66 bits per heavy atom. The average Bonchev–Trinajstić information content (AvgIpc) is 2.84. The average molecular weight is 507 g/mol. The van der Waals surface area contributed by atoms with E-state index in [0.29, 0.717) is 40.1 Å². The lowest BCUT2D eigenvalue weighted by Gasteiger charge is -2.12. The quantitative estimate of drug-likeness (QED) is 0.320. The van der Waals surface area contributed by atoms with Crippen molar-refractivity contribution in [1.82, 2.24) is 4.98 Å². The van der Waals surface area contributed by atoms with Crippen LogP contribution in [0.3, 0.4) is 0 Å². The zero-order chi connectivity index (χ0) is 25.8. The molecule has 11 heteroatoms. The smallest absolute Gasteiger partial charge is 0.330 e. The summed E-state index contributed by atoms with van der Waals surface area (Å²) in [4.78, 5) is 15.8. The second-order valence-corrected chi connectivity index (χ2v) is 8.83. The maximum absolute atomic E-state index is 12.8. The largest absolute Gasteiger partial charge is 0.496 e. The van der Waals surface area contributed by atoms with Crippen LogP contribution in [0.25, 0.3) is 6.08 Å². The van der Waals surface area contributed by atoms with Crippen LogP contribution in [-0.4, -0.2) is 61.0 Å². The number of hydrogen-bond donors (Lipinski definition) is 1. The summed E-state index contributed by atoms with van der Waals surface area (Å²) in [6, 6.07) is 6.45. The fourth-order valence-corrected chi connectivity index (χ4v) is 4.00. The molecule has 10 nitrogen and oxygen atoms in total. The number of sulfone groups is 1. The van der Waals surface area contributed by atoms with Crippen molar-refractivity contribution in [3.05, 3.63) is 53.1 Å². The summed E-state index contributed by atoms with van der Waals surface area (Å²) in [5.41, 5.74) is 0.763. The third-order valence-electron chi connectivity index (χ3n) is 4.61. The van der Waals surface area contributed by atoms with Crippen molar-refractivity contribution in [2.75, 3.05) is 46.9 Å². The van der Waals surface area contributed by atoms with E-state index in [1.807, 2.05) is 0 Å². The predicted molar refractivity (Wildman–Crippen MR) is 133 cm³/mol. The summed E-state index contributed by atoms with van der Waals surface area (Å²) in [5.74, 6) is 1.29. The lowest BCUT2D eigenvalue weighted by atomic mass is 10.1. The topological polar surface area (TPSA) is 122 Å². The fraction of sp³-hybridized carbons (Fsp3) is 0.333. The molecule has 190 valence electrons. The first kappa shape index (κ1) is 27.5. The van der Waals surface area contributed by atoms with Crippen LogP contribution in [0.1, 0.15) is 18.2 Å². The Kier molecular flexibility index (Phi) is 10.4. The maximum atomic E-state index is 12.8. The molecule has 0 atom stereocenters. The van der Waals surface area contributed by atoms with Gasteiger partial charge in [0.15, 0.2) is 21.4 Å². The number of esters is 1. The highest BCUT2D eigenvalue weighted by Gasteiger charge is 2.15. The van der Waals surface area contributed by atoms with Gasteiger partial charge in [0.05, 0.1) is 52.1 Å². The van der Waals surface area contributed by atoms with Crippen LogP contribution >= 0.6 is 0 Å². The molecule has 35 heavy (non-hydrogen) atoms. The molecule has 1 heterocycles. The number of carbonyl (C=O) groups excluding carboxylic acids is 1. The summed E-state index contributed by atoms with van der Waals surface area (Å²) in [7, 11) is 2.22. The first-order valence-corrected chi connectivity index (χ1v) is 12.3. The van der Waals surface area contributed by atoms with Crippen molar-refractivity contribution in [3.63, 3.8) is 0 Å². The normalized spacial score (nSPS) is 11.5. The number of methoxy groups -OCH3 is 4. The lowest BCUT2D eigenvalue weighted by Crippen LogP contribution is -2.08. The van der Waals surface area contributed by atoms with E-state index in [1.54, 1.807) is 37.3 Å². The molecule has 2 aromatic rings. The molecule has 1 N–H and O–H groups in total. The van der Waals surface area contributed by atoms with Gasteiger partial charge < -0.3 is 29.0 Å². The van der Waals surface area contributed by atoms with Gasteiger partial charge in [-0.2, -0.15) is 0 Å². The highest BCUT2D eigenvalue weighted by Crippen LogP contribution is 2.35. The van der Waals surface area contributed by atoms with E-state index in [2.05, 4.69) is 10.3 Å². The number of aromatic nitrogens is 1. The van der Waals surface area contributed by atoms with Gasteiger partial charge in [-0.05, 0) is 25.1 Å². The Morgan fingerprint density at radius 3 is 2.23 bits per heavy atom. The van der Waals surface area contributed by atoms with Crippen LogP contribution < -0.4 is 24.3 Å². The number of nitrogens with one attached hydrogen (secondary N) is 1. The van der Waals surface area contributed by atoms with Gasteiger partial charge in [0.2, 0.25) is 0 Å². The first-order chi connectivity index (χ1) is 16.8. The number of ether oxygens (including phenoxy) is 5. The van der Waals surface area contributed by atoms with Crippen molar-refractivity contribution in [3.8, 4) is 23.0 Å². The van der Waals surface area contributed by atoms with Crippen molar-refractivity contribution in [1.29, 1.82) is 0 Å². The fourth-order valence-electron chi connectivity index (χ4n) is 2.98. The van der Waals surface area contributed by atoms with Crippen molar-refractivity contribution < 1.29 is 36.9 Å². The maximum Gasteiger partial charge on any atom is 0.330 e. The zero-order valence-corrected chi connectivity index (χ0v) is 21.2. The molecule has 2 rings (SSSR count). The Hall–Kier alpha value is -3.73. The van der Waals surface area contributed by atoms with Crippen LogP contribution in [-0.2, 0) is 25.1 Å². The standard InChI is InChI=1S/C24H30N2O8S/c1-6-34-23(27)8-7-12-25-24-20(31-3)10-9-17(26-24)16-35(28,29)13-11-19-21(32-4)14-18(30-2)15-22(19)33-5/h7-11,13-15H,6,12,16H2,1-5H3,(H,25,26)/b8-7+,13-11+. The molecule has 0 saturated carbocycles. The van der Waals surface area contributed by atoms with Crippen LogP contribution in [0, 0.1) is 0 Å². The van der Waals surface area contributed by atoms with Crippen molar-refractivity contribution in [2.24, 2.45) is 0 Å². The van der Waals surface area contributed by atoms with E-state index in [0.717, 1.165) is 5.41 Å². The number of hydrogen-bond acceptors (Lipinski definition) is 10. The molecular formula is C24H30N2O8S. The summed E-state index contributed by atoms with van der Waals surface area (Å²) < 4.78 is 51.6. The van der Waals surface area contributed by atoms with Gasteiger partial charge in [0.1, 0.15) is 17.2 Å². The monoisotopic (exact) mass is 506 g/mol. The molecule has 1 aromatic carbocycles. The Labute approximate surface area is 205 Å². The van der Waals surface area contributed by atoms with E-state index in [-0.39, 0.29) is 18.9 Å². The molecular weight excluding hydrogens is 476 g/mol. The minimum Gasteiger partial charge on any atom is -0.496 e. The highest BCUT2D eigenvalue weighted by atomic mass is 32.2. The Balaban J connectivity index is 2.21. The van der Waals surface area contributed by atoms with E-state index >= 15 is 0 Å². The third kappa shape index (κ3) is 8.21. The summed E-state index contributed by atoms with van der Waals surface area (Å²) in [5, 5.41) is 4.08. The van der Waals surface area contributed by atoms with Gasteiger partial charge in [-0.15, -0.1) is 0 Å². The Bertz CT molecular complexity index is 1150. The van der Waals surface area contributed by atoms with Gasteiger partial charge >= 0.3 is 5.97 Å². The van der Waals surface area contributed by atoms with Gasteiger partial charge in [-0.25, -0.2) is 18.2 Å². The van der Waals surface area contributed by atoms with E-state index in [4.69, 9.17) is 23.7 Å². The predicted octanol–water partition coefficient (Wildman–Crippen LogP) is 3.23. The number of nitrogens with zero attached hydrogens (tertiary/aromatic N) is 1. The van der Waals surface area contributed by atoms with E-state index in [9.17, 15) is 13.2 Å². The first-order valence-electron chi connectivity index (χ1n) is 10.6. The van der Waals surface area contributed by atoms with Gasteiger partial charge in [-0.3, -0.25) is 0 Å². The summed E-state index contributed by atoms with van der Waals surface area (Å²) in [6.07, 6.45) is 4.28. The van der Waals surface area contributed by atoms with Crippen LogP contribution in [0.5, 0.6) is 23.0 Å². The van der Waals surface area contributed by atoms with E-state index in [1.165, 1.54) is 40.6 Å². The van der Waals surface area contributed by atoms with Crippen LogP contribution in [0.15, 0.2) is 41.8 Å². The highest BCUT2D eigenvalue weighted by molar-refractivity contribution is 7.93. The van der Waals surface area contributed by atoms with Crippen molar-refractivity contribution >= 4 is 27.7 Å². The van der Waals surface area contributed by atoms with Crippen molar-refractivity contribution in [2.45, 2.75) is 12.7 Å². The zero-order valence-electron chi connectivity index (χ0n) is 20.4. The molecule has 0 saturated heterocycles. The number of anilines is 1. The molecule has 0 bridgehead atoms. The SMILES string of the molecule is CCOC(=O)/C=C/CNc1nc(CS(=O)(=O)/C=C/c2c(OC)cc(OC)cc2OC)ccc1OC. The molecule has 1 aromatic heterocycles. The number of benzene rings is 1. The molecule has 0 aliphatic carbocycles. The molecule has 0 unspecified atom stereocenters. The number of carbonyl (C=O) groups is 1. The van der Waals surface area contributed by atoms with Gasteiger partial charge in [-0.1, -0.05) is 6.08 Å². The lowest BCUT2D eigenvalue weighted by molar-refractivity contribution is -0.137. The second-order valence-electron chi connectivity index (χ2n) is 6.94. The molecule has 0 amide bonds. The molecule has 0 aliphatic heterocycles. The molecule has 0 radical (unpaired) electrons. The van der Waals surface area contributed by atoms with Crippen LogP contribution in [0.2, 0.25) is 0 Å². The molecule has 0 aliphatic rings. The molecule has 0 spiro atoms. The number of pyridine rings is 1. The third-order valence-corrected chi connectivity index (χ3v) is 5.86. The molecule has 0 fully saturated rings. The summed E-state index contributed by atoms with van der Waals surface area (Å²) >= 11 is 0. The minimum absolute atomic E-state index is 0.259. The van der Waals surface area contributed by atoms with E-state index < -0.39 is 15.8 Å². The van der Waals surface area contributed by atoms with Crippen LogP contribution in [0.4, 0.5) is 5.82 Å². The minimum atomic E-state index is -3.71.